The molecule has 0 bridgehead atoms. The molecule has 0 aliphatic carbocycles. The predicted molar refractivity (Wildman–Crippen MR) is 109 cm³/mol. The van der Waals surface area contributed by atoms with Gasteiger partial charge in [0.05, 0.1) is 10.0 Å². The van der Waals surface area contributed by atoms with Crippen molar-refractivity contribution >= 4 is 27.5 Å². The molecule has 0 radical (unpaired) electrons. The smallest absolute Gasteiger partial charge is 0.251 e. The van der Waals surface area contributed by atoms with Crippen molar-refractivity contribution in [1.29, 1.82) is 0 Å². The van der Waals surface area contributed by atoms with Gasteiger partial charge in [0, 0.05) is 30.9 Å². The lowest BCUT2D eigenvalue weighted by Crippen LogP contribution is -2.56. The van der Waals surface area contributed by atoms with Gasteiger partial charge in [-0.05, 0) is 71.6 Å². The third-order valence-electron chi connectivity index (χ3n) is 5.74. The van der Waals surface area contributed by atoms with Crippen molar-refractivity contribution in [2.75, 3.05) is 11.4 Å². The number of carbonyl (C=O) groups excluding carboxylic acids is 1. The molecule has 2 aromatic carbocycles. The van der Waals surface area contributed by atoms with Crippen LogP contribution in [0.15, 0.2) is 59.1 Å². The van der Waals surface area contributed by atoms with Crippen molar-refractivity contribution in [2.45, 2.75) is 37.9 Å². The maximum atomic E-state index is 13.7. The fourth-order valence-corrected chi connectivity index (χ4v) is 4.78. The van der Waals surface area contributed by atoms with Crippen molar-refractivity contribution in [3.63, 3.8) is 0 Å². The molecule has 0 unspecified atom stereocenters. The highest BCUT2D eigenvalue weighted by Gasteiger charge is 2.46. The summed E-state index contributed by atoms with van der Waals surface area (Å²) in [7, 11) is 0. The molecule has 6 heteroatoms. The fourth-order valence-electron chi connectivity index (χ4n) is 4.36. The summed E-state index contributed by atoms with van der Waals surface area (Å²) >= 11 is 3.24. The largest absolute Gasteiger partial charge is 0.299 e. The molecule has 1 amide bonds. The van der Waals surface area contributed by atoms with E-state index >= 15 is 0 Å². The van der Waals surface area contributed by atoms with Crippen LogP contribution in [0.1, 0.15) is 25.3 Å². The van der Waals surface area contributed by atoms with Crippen molar-refractivity contribution in [3.8, 4) is 0 Å². The molecule has 28 heavy (non-hydrogen) atoms. The van der Waals surface area contributed by atoms with Crippen LogP contribution in [0.5, 0.6) is 0 Å². The topological polar surface area (TPSA) is 23.6 Å². The number of hydrogen-bond acceptors (Lipinski definition) is 2. The first-order valence-corrected chi connectivity index (χ1v) is 10.1. The van der Waals surface area contributed by atoms with E-state index in [1.807, 2.05) is 12.1 Å². The molecule has 4 rings (SSSR count). The van der Waals surface area contributed by atoms with Crippen LogP contribution in [0.25, 0.3) is 0 Å². The molecule has 0 saturated carbocycles. The standard InChI is InChI=1S/C22H21BrF2N2O/c1-15-13-22(8-7-21(28)27(22)18-4-2-3-17(24)12-18)9-10-26(15)14-16-5-6-20(25)19(23)11-16/h2-8,11-12,15H,9-10,13-14H2,1H3/t15-,22+/m1/s1. The minimum absolute atomic E-state index is 0.103. The first-order valence-electron chi connectivity index (χ1n) is 9.35. The third-order valence-corrected chi connectivity index (χ3v) is 6.35. The Labute approximate surface area is 171 Å². The maximum absolute atomic E-state index is 13.7. The van der Waals surface area contributed by atoms with Crippen LogP contribution in [0.3, 0.4) is 0 Å². The van der Waals surface area contributed by atoms with E-state index in [9.17, 15) is 13.6 Å². The van der Waals surface area contributed by atoms with Crippen molar-refractivity contribution in [1.82, 2.24) is 4.90 Å². The highest BCUT2D eigenvalue weighted by atomic mass is 79.9. The predicted octanol–water partition coefficient (Wildman–Crippen LogP) is 5.05. The number of halogens is 3. The molecule has 1 saturated heterocycles. The summed E-state index contributed by atoms with van der Waals surface area (Å²) in [6.07, 6.45) is 5.10. The Kier molecular flexibility index (Phi) is 5.10. The quantitative estimate of drug-likeness (QED) is 0.658. The number of likely N-dealkylation sites (tertiary alicyclic amines) is 1. The average molecular weight is 447 g/mol. The Morgan fingerprint density at radius 1 is 1.21 bits per heavy atom. The monoisotopic (exact) mass is 446 g/mol. The Balaban J connectivity index is 1.54. The zero-order valence-corrected chi connectivity index (χ0v) is 17.1. The summed E-state index contributed by atoms with van der Waals surface area (Å²) in [6, 6.07) is 11.5. The van der Waals surface area contributed by atoms with E-state index in [2.05, 4.69) is 27.8 Å². The molecule has 2 atom stereocenters. The van der Waals surface area contributed by atoms with Gasteiger partial charge in [0.15, 0.2) is 0 Å². The Morgan fingerprint density at radius 2 is 2.04 bits per heavy atom. The Morgan fingerprint density at radius 3 is 2.75 bits per heavy atom. The van der Waals surface area contributed by atoms with E-state index in [0.717, 1.165) is 24.9 Å². The summed E-state index contributed by atoms with van der Waals surface area (Å²) in [5.74, 6) is -0.719. The van der Waals surface area contributed by atoms with Crippen molar-refractivity contribution in [3.05, 3.63) is 76.3 Å². The van der Waals surface area contributed by atoms with Gasteiger partial charge in [-0.25, -0.2) is 8.78 Å². The molecule has 2 aromatic rings. The molecule has 2 heterocycles. The van der Waals surface area contributed by atoms with Gasteiger partial charge in [-0.15, -0.1) is 0 Å². The molecule has 0 N–H and O–H groups in total. The summed E-state index contributed by atoms with van der Waals surface area (Å²) in [5, 5.41) is 0. The molecule has 2 aliphatic rings. The molecule has 0 aromatic heterocycles. The van der Waals surface area contributed by atoms with Gasteiger partial charge >= 0.3 is 0 Å². The van der Waals surface area contributed by atoms with Gasteiger partial charge in [0.2, 0.25) is 0 Å². The van der Waals surface area contributed by atoms with Gasteiger partial charge in [-0.3, -0.25) is 14.6 Å². The highest BCUT2D eigenvalue weighted by molar-refractivity contribution is 9.10. The van der Waals surface area contributed by atoms with E-state index in [-0.39, 0.29) is 23.6 Å². The minimum Gasteiger partial charge on any atom is -0.299 e. The number of piperidine rings is 1. The van der Waals surface area contributed by atoms with Gasteiger partial charge in [-0.2, -0.15) is 0 Å². The molecule has 2 aliphatic heterocycles. The van der Waals surface area contributed by atoms with Gasteiger partial charge in [0.25, 0.3) is 5.91 Å². The second-order valence-electron chi connectivity index (χ2n) is 7.61. The first-order chi connectivity index (χ1) is 13.4. The number of hydrogen-bond donors (Lipinski definition) is 0. The third kappa shape index (κ3) is 3.51. The van der Waals surface area contributed by atoms with E-state index in [0.29, 0.717) is 16.7 Å². The molecular formula is C22H21BrF2N2O. The van der Waals surface area contributed by atoms with E-state index in [1.165, 1.54) is 18.2 Å². The number of rotatable bonds is 3. The normalized spacial score (nSPS) is 25.1. The van der Waals surface area contributed by atoms with Gasteiger partial charge < -0.3 is 0 Å². The van der Waals surface area contributed by atoms with E-state index in [1.54, 1.807) is 29.2 Å². The van der Waals surface area contributed by atoms with Crippen LogP contribution < -0.4 is 4.90 Å². The zero-order chi connectivity index (χ0) is 19.9. The lowest BCUT2D eigenvalue weighted by molar-refractivity contribution is -0.114. The van der Waals surface area contributed by atoms with E-state index < -0.39 is 5.54 Å². The van der Waals surface area contributed by atoms with Crippen LogP contribution in [0.2, 0.25) is 0 Å². The summed E-state index contributed by atoms with van der Waals surface area (Å²) in [4.78, 5) is 16.6. The van der Waals surface area contributed by atoms with Crippen molar-refractivity contribution < 1.29 is 13.6 Å². The van der Waals surface area contributed by atoms with E-state index in [4.69, 9.17) is 0 Å². The van der Waals surface area contributed by atoms with Crippen LogP contribution in [-0.4, -0.2) is 28.9 Å². The minimum atomic E-state index is -0.426. The lowest BCUT2D eigenvalue weighted by Gasteiger charge is -2.47. The molecule has 1 fully saturated rings. The number of benzene rings is 2. The number of carbonyl (C=O) groups is 1. The molecule has 146 valence electrons. The van der Waals surface area contributed by atoms with Gasteiger partial charge in [-0.1, -0.05) is 18.2 Å². The van der Waals surface area contributed by atoms with Crippen molar-refractivity contribution in [2.24, 2.45) is 0 Å². The van der Waals surface area contributed by atoms with Crippen LogP contribution in [0, 0.1) is 11.6 Å². The van der Waals surface area contributed by atoms with Crippen LogP contribution >= 0.6 is 15.9 Å². The highest BCUT2D eigenvalue weighted by Crippen LogP contribution is 2.41. The number of anilines is 1. The van der Waals surface area contributed by atoms with Crippen LogP contribution in [-0.2, 0) is 11.3 Å². The SMILES string of the molecule is C[C@@H]1C[C@]2(C=CC(=O)N2c2cccc(F)c2)CCN1Cc1ccc(F)c(Br)c1. The molecule has 1 spiro atoms. The van der Waals surface area contributed by atoms with Crippen LogP contribution in [0.4, 0.5) is 14.5 Å². The molecular weight excluding hydrogens is 426 g/mol. The second-order valence-corrected chi connectivity index (χ2v) is 8.47. The summed E-state index contributed by atoms with van der Waals surface area (Å²) in [5.41, 5.74) is 1.21. The summed E-state index contributed by atoms with van der Waals surface area (Å²) < 4.78 is 27.7. The Bertz CT molecular complexity index is 948. The summed E-state index contributed by atoms with van der Waals surface area (Å²) in [6.45, 7) is 3.65. The fraction of sp³-hybridized carbons (Fsp3) is 0.318. The number of amides is 1. The molecule has 3 nitrogen and oxygen atoms in total. The van der Waals surface area contributed by atoms with Gasteiger partial charge in [0.1, 0.15) is 11.6 Å². The zero-order valence-electron chi connectivity index (χ0n) is 15.5. The average Bonchev–Trinajstić information content (AvgIpc) is 2.96. The Hall–Kier alpha value is -2.05. The number of nitrogens with zero attached hydrogens (tertiary/aromatic N) is 2. The maximum Gasteiger partial charge on any atom is 0.251 e. The lowest BCUT2D eigenvalue weighted by atomic mass is 9.82. The first kappa shape index (κ1) is 19.3. The second kappa shape index (κ2) is 7.41.